The fraction of sp³-hybridized carbons (Fsp3) is 0.947. The van der Waals surface area contributed by atoms with Crippen molar-refractivity contribution in [1.82, 2.24) is 0 Å². The number of carbonyl (C=O) groups is 3. The molecule has 0 amide bonds. The third-order valence-electron chi connectivity index (χ3n) is 13.0. The van der Waals surface area contributed by atoms with Crippen LogP contribution in [0.4, 0.5) is 0 Å². The van der Waals surface area contributed by atoms with E-state index in [1.54, 1.807) is 0 Å². The minimum absolute atomic E-state index is 0.0629. The van der Waals surface area contributed by atoms with E-state index in [0.717, 1.165) is 69.6 Å². The van der Waals surface area contributed by atoms with Crippen LogP contribution in [0.5, 0.6) is 0 Å². The molecule has 0 aliphatic carbocycles. The van der Waals surface area contributed by atoms with E-state index in [-0.39, 0.29) is 31.1 Å². The summed E-state index contributed by atoms with van der Waals surface area (Å²) in [6.45, 7) is 11.4. The molecular formula is C57H110O6. The molecule has 0 N–H and O–H groups in total. The van der Waals surface area contributed by atoms with Crippen molar-refractivity contribution in [2.75, 3.05) is 13.2 Å². The second kappa shape index (κ2) is 49.8. The van der Waals surface area contributed by atoms with Crippen molar-refractivity contribution in [3.8, 4) is 0 Å². The molecule has 6 heteroatoms. The average molecular weight is 892 g/mol. The molecule has 0 radical (unpaired) electrons. The summed E-state index contributed by atoms with van der Waals surface area (Å²) in [5, 5.41) is 0. The number of unbranched alkanes of at least 4 members (excludes halogenated alkanes) is 36. The lowest BCUT2D eigenvalue weighted by atomic mass is 10.0. The topological polar surface area (TPSA) is 78.9 Å². The number of rotatable bonds is 51. The molecule has 0 aromatic carbocycles. The highest BCUT2D eigenvalue weighted by molar-refractivity contribution is 5.71. The summed E-state index contributed by atoms with van der Waals surface area (Å²) in [6.07, 6.45) is 52.3. The van der Waals surface area contributed by atoms with Gasteiger partial charge < -0.3 is 14.2 Å². The molecule has 0 heterocycles. The Bertz CT molecular complexity index is 962. The van der Waals surface area contributed by atoms with Crippen LogP contribution in [-0.2, 0) is 28.6 Å². The smallest absolute Gasteiger partial charge is 0.306 e. The number of esters is 3. The van der Waals surface area contributed by atoms with Gasteiger partial charge in [-0.2, -0.15) is 0 Å². The Kier molecular flexibility index (Phi) is 48.6. The van der Waals surface area contributed by atoms with Gasteiger partial charge in [-0.25, -0.2) is 0 Å². The summed E-state index contributed by atoms with van der Waals surface area (Å²) in [5.74, 6) is 0.817. The largest absolute Gasteiger partial charge is 0.462 e. The van der Waals surface area contributed by atoms with Crippen LogP contribution in [-0.4, -0.2) is 37.2 Å². The van der Waals surface area contributed by atoms with Crippen molar-refractivity contribution < 1.29 is 28.6 Å². The number of ether oxygens (including phenoxy) is 3. The van der Waals surface area contributed by atoms with Gasteiger partial charge in [-0.15, -0.1) is 0 Å². The fourth-order valence-corrected chi connectivity index (χ4v) is 8.70. The minimum Gasteiger partial charge on any atom is -0.462 e. The van der Waals surface area contributed by atoms with Crippen molar-refractivity contribution in [2.24, 2.45) is 11.8 Å². The molecule has 0 aliphatic heterocycles. The van der Waals surface area contributed by atoms with Crippen molar-refractivity contribution in [3.63, 3.8) is 0 Å². The van der Waals surface area contributed by atoms with Gasteiger partial charge in [0, 0.05) is 19.3 Å². The van der Waals surface area contributed by atoms with E-state index in [0.29, 0.717) is 19.3 Å². The lowest BCUT2D eigenvalue weighted by molar-refractivity contribution is -0.167. The summed E-state index contributed by atoms with van der Waals surface area (Å²) < 4.78 is 16.9. The zero-order valence-electron chi connectivity index (χ0n) is 43.2. The standard InChI is InChI=1S/C57H110O6/c1-6-7-8-9-10-11-12-13-14-15-16-22-27-32-37-42-47-55(58)61-50-54(63-57(60)49-44-39-34-29-24-19-21-26-31-36-41-46-53(4)5)51-62-56(59)48-43-38-33-28-23-18-17-20-25-30-35-40-45-52(2)3/h52-54H,6-51H2,1-5H3/t54-/m0/s1. The molecule has 374 valence electrons. The second-order valence-corrected chi connectivity index (χ2v) is 20.5. The van der Waals surface area contributed by atoms with E-state index < -0.39 is 6.10 Å². The summed E-state index contributed by atoms with van der Waals surface area (Å²) in [5.41, 5.74) is 0. The van der Waals surface area contributed by atoms with Gasteiger partial charge in [0.2, 0.25) is 0 Å². The summed E-state index contributed by atoms with van der Waals surface area (Å²) in [6, 6.07) is 0. The van der Waals surface area contributed by atoms with E-state index in [1.807, 2.05) is 0 Å². The molecule has 0 aromatic heterocycles. The van der Waals surface area contributed by atoms with Gasteiger partial charge >= 0.3 is 17.9 Å². The van der Waals surface area contributed by atoms with Crippen LogP contribution in [0.2, 0.25) is 0 Å². The molecule has 1 atom stereocenters. The van der Waals surface area contributed by atoms with Crippen molar-refractivity contribution in [1.29, 1.82) is 0 Å². The van der Waals surface area contributed by atoms with Gasteiger partial charge in [-0.3, -0.25) is 14.4 Å². The Morgan fingerprint density at radius 3 is 0.778 bits per heavy atom. The lowest BCUT2D eigenvalue weighted by Crippen LogP contribution is -2.30. The molecule has 0 bridgehead atoms. The van der Waals surface area contributed by atoms with Gasteiger partial charge in [-0.05, 0) is 31.1 Å². The molecule has 0 aromatic rings. The number of carbonyl (C=O) groups excluding carboxylic acids is 3. The first-order valence-corrected chi connectivity index (χ1v) is 28.2. The van der Waals surface area contributed by atoms with Crippen LogP contribution in [0.3, 0.4) is 0 Å². The quantitative estimate of drug-likeness (QED) is 0.0344. The van der Waals surface area contributed by atoms with E-state index in [9.17, 15) is 14.4 Å². The zero-order chi connectivity index (χ0) is 46.1. The maximum absolute atomic E-state index is 12.8. The summed E-state index contributed by atoms with van der Waals surface area (Å²) in [4.78, 5) is 38.1. The van der Waals surface area contributed by atoms with Crippen LogP contribution >= 0.6 is 0 Å². The van der Waals surface area contributed by atoms with Crippen LogP contribution in [0.15, 0.2) is 0 Å². The van der Waals surface area contributed by atoms with Gasteiger partial charge in [-0.1, -0.05) is 279 Å². The first-order valence-electron chi connectivity index (χ1n) is 28.2. The lowest BCUT2D eigenvalue weighted by Gasteiger charge is -2.18. The first-order chi connectivity index (χ1) is 30.7. The summed E-state index contributed by atoms with van der Waals surface area (Å²) >= 11 is 0. The third-order valence-corrected chi connectivity index (χ3v) is 13.0. The Labute approximate surface area is 393 Å². The predicted molar refractivity (Wildman–Crippen MR) is 270 cm³/mol. The first kappa shape index (κ1) is 61.4. The van der Waals surface area contributed by atoms with Crippen molar-refractivity contribution in [3.05, 3.63) is 0 Å². The maximum Gasteiger partial charge on any atom is 0.306 e. The Morgan fingerprint density at radius 1 is 0.302 bits per heavy atom. The van der Waals surface area contributed by atoms with Crippen LogP contribution in [0.1, 0.15) is 317 Å². The molecule has 0 unspecified atom stereocenters. The van der Waals surface area contributed by atoms with Crippen molar-refractivity contribution >= 4 is 17.9 Å². The molecular weight excluding hydrogens is 781 g/mol. The SMILES string of the molecule is CCCCCCCCCCCCCCCCCCC(=O)OC[C@@H](COC(=O)CCCCCCCCCCCCCCC(C)C)OC(=O)CCCCCCCCCCCCCC(C)C. The predicted octanol–water partition coefficient (Wildman–Crippen LogP) is 18.5. The second-order valence-electron chi connectivity index (χ2n) is 20.5. The highest BCUT2D eigenvalue weighted by atomic mass is 16.6. The zero-order valence-corrected chi connectivity index (χ0v) is 43.2. The monoisotopic (exact) mass is 891 g/mol. The molecule has 63 heavy (non-hydrogen) atoms. The Morgan fingerprint density at radius 2 is 0.524 bits per heavy atom. The molecule has 0 spiro atoms. The Balaban J connectivity index is 4.30. The fourth-order valence-electron chi connectivity index (χ4n) is 8.70. The molecule has 0 saturated carbocycles. The molecule has 0 aliphatic rings. The van der Waals surface area contributed by atoms with E-state index in [2.05, 4.69) is 34.6 Å². The van der Waals surface area contributed by atoms with Crippen molar-refractivity contribution in [2.45, 2.75) is 323 Å². The average Bonchev–Trinajstić information content (AvgIpc) is 3.25. The van der Waals surface area contributed by atoms with E-state index in [1.165, 1.54) is 205 Å². The molecule has 6 nitrogen and oxygen atoms in total. The molecule has 0 rings (SSSR count). The maximum atomic E-state index is 12.8. The third kappa shape index (κ3) is 51.3. The minimum atomic E-state index is -0.762. The highest BCUT2D eigenvalue weighted by Crippen LogP contribution is 2.18. The van der Waals surface area contributed by atoms with E-state index >= 15 is 0 Å². The van der Waals surface area contributed by atoms with Crippen LogP contribution in [0, 0.1) is 11.8 Å². The van der Waals surface area contributed by atoms with Gasteiger partial charge in [0.15, 0.2) is 6.10 Å². The van der Waals surface area contributed by atoms with Gasteiger partial charge in [0.05, 0.1) is 0 Å². The molecule has 0 fully saturated rings. The highest BCUT2D eigenvalue weighted by Gasteiger charge is 2.19. The number of hydrogen-bond donors (Lipinski definition) is 0. The van der Waals surface area contributed by atoms with Crippen LogP contribution in [0.25, 0.3) is 0 Å². The summed E-state index contributed by atoms with van der Waals surface area (Å²) in [7, 11) is 0. The molecule has 0 saturated heterocycles. The van der Waals surface area contributed by atoms with Crippen LogP contribution < -0.4 is 0 Å². The normalized spacial score (nSPS) is 12.0. The van der Waals surface area contributed by atoms with E-state index in [4.69, 9.17) is 14.2 Å². The number of hydrogen-bond acceptors (Lipinski definition) is 6. The Hall–Kier alpha value is -1.59. The van der Waals surface area contributed by atoms with Gasteiger partial charge in [0.25, 0.3) is 0 Å². The van der Waals surface area contributed by atoms with Gasteiger partial charge in [0.1, 0.15) is 13.2 Å².